The van der Waals surface area contributed by atoms with Crippen LogP contribution in [-0.2, 0) is 0 Å². The van der Waals surface area contributed by atoms with Crippen molar-refractivity contribution in [2.45, 2.75) is 0 Å². The number of amides is 1. The Morgan fingerprint density at radius 2 is 2.73 bits per heavy atom. The van der Waals surface area contributed by atoms with Crippen LogP contribution in [0.5, 0.6) is 0 Å². The van der Waals surface area contributed by atoms with Crippen molar-refractivity contribution in [3.8, 4) is 12.3 Å². The van der Waals surface area contributed by atoms with Crippen LogP contribution in [0.1, 0.15) is 10.6 Å². The maximum Gasteiger partial charge on any atom is 0.289 e. The topological polar surface area (TPSA) is 70.7 Å². The molecule has 0 unspecified atom stereocenters. The molecule has 1 aromatic rings. The van der Waals surface area contributed by atoms with Gasteiger partial charge in [0.2, 0.25) is 5.82 Å². The van der Waals surface area contributed by atoms with Crippen LogP contribution < -0.4 is 5.32 Å². The van der Waals surface area contributed by atoms with E-state index in [2.05, 4.69) is 26.4 Å². The van der Waals surface area contributed by atoms with Crippen LogP contribution in [-0.4, -0.2) is 27.6 Å². The van der Waals surface area contributed by atoms with E-state index in [0.717, 1.165) is 0 Å². The third-order valence-electron chi connectivity index (χ3n) is 0.981. The number of terminal acetylenes is 1. The first-order valence-electron chi connectivity index (χ1n) is 2.91. The standard InChI is InChI=1S/C6H6N4O/c1-2-3-7-6(11)5-8-4-9-10-5/h1,4H,3H2,(H,7,11)(H,8,9,10). The monoisotopic (exact) mass is 150 g/mol. The highest BCUT2D eigenvalue weighted by Gasteiger charge is 2.05. The van der Waals surface area contributed by atoms with Crippen molar-refractivity contribution >= 4 is 5.91 Å². The number of carbonyl (C=O) groups excluding carboxylic acids is 1. The van der Waals surface area contributed by atoms with E-state index in [0.29, 0.717) is 0 Å². The van der Waals surface area contributed by atoms with Crippen molar-refractivity contribution in [1.82, 2.24) is 20.5 Å². The molecule has 2 N–H and O–H groups in total. The summed E-state index contributed by atoms with van der Waals surface area (Å²) < 4.78 is 0. The summed E-state index contributed by atoms with van der Waals surface area (Å²) in [6.45, 7) is 0.194. The zero-order valence-electron chi connectivity index (χ0n) is 5.66. The predicted molar refractivity (Wildman–Crippen MR) is 37.5 cm³/mol. The van der Waals surface area contributed by atoms with Gasteiger partial charge in [0.1, 0.15) is 6.33 Å². The summed E-state index contributed by atoms with van der Waals surface area (Å²) in [6, 6.07) is 0. The average Bonchev–Trinajstić information content (AvgIpc) is 2.52. The Morgan fingerprint density at radius 3 is 3.27 bits per heavy atom. The Labute approximate surface area is 63.2 Å². The number of aromatic nitrogens is 3. The van der Waals surface area contributed by atoms with Gasteiger partial charge in [-0.25, -0.2) is 4.98 Å². The Hall–Kier alpha value is -1.83. The highest BCUT2D eigenvalue weighted by molar-refractivity contribution is 5.90. The van der Waals surface area contributed by atoms with Crippen LogP contribution in [0, 0.1) is 12.3 Å². The highest BCUT2D eigenvalue weighted by atomic mass is 16.2. The molecule has 0 bridgehead atoms. The van der Waals surface area contributed by atoms with E-state index in [1.807, 2.05) is 0 Å². The summed E-state index contributed by atoms with van der Waals surface area (Å²) in [6.07, 6.45) is 6.17. The normalized spacial score (nSPS) is 8.64. The summed E-state index contributed by atoms with van der Waals surface area (Å²) in [5.74, 6) is 2.09. The molecule has 0 aromatic carbocycles. The number of H-pyrrole nitrogens is 1. The molecule has 56 valence electrons. The SMILES string of the molecule is C#CCNC(=O)c1ncn[nH]1. The number of hydrogen-bond acceptors (Lipinski definition) is 3. The molecule has 5 heteroatoms. The molecule has 1 rings (SSSR count). The van der Waals surface area contributed by atoms with Gasteiger partial charge in [0.15, 0.2) is 0 Å². The van der Waals surface area contributed by atoms with E-state index in [4.69, 9.17) is 6.42 Å². The van der Waals surface area contributed by atoms with Crippen molar-refractivity contribution in [3.05, 3.63) is 12.2 Å². The second-order valence-electron chi connectivity index (χ2n) is 1.72. The molecule has 1 amide bonds. The lowest BCUT2D eigenvalue weighted by Crippen LogP contribution is -2.24. The minimum absolute atomic E-state index is 0.167. The Bertz CT molecular complexity index is 271. The molecule has 5 nitrogen and oxygen atoms in total. The molecule has 0 fully saturated rings. The third kappa shape index (κ3) is 1.79. The first kappa shape index (κ1) is 7.28. The molecule has 0 atom stereocenters. The van der Waals surface area contributed by atoms with E-state index in [-0.39, 0.29) is 18.3 Å². The van der Waals surface area contributed by atoms with Gasteiger partial charge in [-0.3, -0.25) is 9.89 Å². The second kappa shape index (κ2) is 3.37. The van der Waals surface area contributed by atoms with E-state index >= 15 is 0 Å². The summed E-state index contributed by atoms with van der Waals surface area (Å²) in [7, 11) is 0. The number of hydrogen-bond donors (Lipinski definition) is 2. The minimum Gasteiger partial charge on any atom is -0.338 e. The molecule has 0 aliphatic carbocycles. The lowest BCUT2D eigenvalue weighted by atomic mass is 10.5. The smallest absolute Gasteiger partial charge is 0.289 e. The molecule has 0 saturated heterocycles. The van der Waals surface area contributed by atoms with Crippen LogP contribution in [0.2, 0.25) is 0 Å². The molecule has 0 spiro atoms. The van der Waals surface area contributed by atoms with Crippen molar-refractivity contribution in [2.24, 2.45) is 0 Å². The molecule has 11 heavy (non-hydrogen) atoms. The molecular formula is C6H6N4O. The Kier molecular flexibility index (Phi) is 2.23. The lowest BCUT2D eigenvalue weighted by molar-refractivity contribution is 0.0949. The van der Waals surface area contributed by atoms with Gasteiger partial charge >= 0.3 is 0 Å². The predicted octanol–water partition coefficient (Wildman–Crippen LogP) is -0.832. The number of nitrogens with zero attached hydrogens (tertiary/aromatic N) is 2. The van der Waals surface area contributed by atoms with E-state index in [1.165, 1.54) is 6.33 Å². The molecule has 0 radical (unpaired) electrons. The first-order valence-corrected chi connectivity index (χ1v) is 2.91. The molecule has 0 saturated carbocycles. The Morgan fingerprint density at radius 1 is 1.91 bits per heavy atom. The minimum atomic E-state index is -0.347. The van der Waals surface area contributed by atoms with Crippen molar-refractivity contribution in [2.75, 3.05) is 6.54 Å². The van der Waals surface area contributed by atoms with Gasteiger partial charge in [-0.2, -0.15) is 5.10 Å². The molecule has 0 aliphatic heterocycles. The molecule has 1 heterocycles. The number of carbonyl (C=O) groups is 1. The third-order valence-corrected chi connectivity index (χ3v) is 0.981. The van der Waals surface area contributed by atoms with E-state index in [9.17, 15) is 4.79 Å². The quantitative estimate of drug-likeness (QED) is 0.540. The highest BCUT2D eigenvalue weighted by Crippen LogP contribution is 1.82. The first-order chi connectivity index (χ1) is 5.34. The zero-order chi connectivity index (χ0) is 8.10. The average molecular weight is 150 g/mol. The lowest BCUT2D eigenvalue weighted by Gasteiger charge is -1.94. The summed E-state index contributed by atoms with van der Waals surface area (Å²) in [5.41, 5.74) is 0. The van der Waals surface area contributed by atoms with E-state index in [1.54, 1.807) is 0 Å². The number of nitrogens with one attached hydrogen (secondary N) is 2. The van der Waals surface area contributed by atoms with Gasteiger partial charge in [-0.1, -0.05) is 5.92 Å². The van der Waals surface area contributed by atoms with Crippen LogP contribution in [0.15, 0.2) is 6.33 Å². The zero-order valence-corrected chi connectivity index (χ0v) is 5.66. The Balaban J connectivity index is 2.51. The summed E-state index contributed by atoms with van der Waals surface area (Å²) in [4.78, 5) is 14.5. The number of aromatic amines is 1. The van der Waals surface area contributed by atoms with Gasteiger partial charge in [0.25, 0.3) is 5.91 Å². The van der Waals surface area contributed by atoms with Gasteiger partial charge in [0.05, 0.1) is 6.54 Å². The van der Waals surface area contributed by atoms with Crippen molar-refractivity contribution < 1.29 is 4.79 Å². The second-order valence-corrected chi connectivity index (χ2v) is 1.72. The fourth-order valence-electron chi connectivity index (χ4n) is 0.530. The van der Waals surface area contributed by atoms with Gasteiger partial charge in [0, 0.05) is 0 Å². The maximum atomic E-state index is 10.9. The van der Waals surface area contributed by atoms with Crippen LogP contribution in [0.4, 0.5) is 0 Å². The molecule has 0 aliphatic rings. The van der Waals surface area contributed by atoms with Crippen LogP contribution >= 0.6 is 0 Å². The molecule has 1 aromatic heterocycles. The fraction of sp³-hybridized carbons (Fsp3) is 0.167. The summed E-state index contributed by atoms with van der Waals surface area (Å²) >= 11 is 0. The van der Waals surface area contributed by atoms with Crippen molar-refractivity contribution in [3.63, 3.8) is 0 Å². The van der Waals surface area contributed by atoms with Crippen LogP contribution in [0.3, 0.4) is 0 Å². The van der Waals surface area contributed by atoms with Gasteiger partial charge < -0.3 is 5.32 Å². The van der Waals surface area contributed by atoms with Gasteiger partial charge in [-0.15, -0.1) is 6.42 Å². The number of rotatable bonds is 2. The maximum absolute atomic E-state index is 10.9. The fourth-order valence-corrected chi connectivity index (χ4v) is 0.530. The molecular weight excluding hydrogens is 144 g/mol. The van der Waals surface area contributed by atoms with E-state index < -0.39 is 0 Å². The summed E-state index contributed by atoms with van der Waals surface area (Å²) in [5, 5.41) is 8.33. The van der Waals surface area contributed by atoms with Crippen molar-refractivity contribution in [1.29, 1.82) is 0 Å². The van der Waals surface area contributed by atoms with Crippen LogP contribution in [0.25, 0.3) is 0 Å². The largest absolute Gasteiger partial charge is 0.338 e. The van der Waals surface area contributed by atoms with Gasteiger partial charge in [-0.05, 0) is 0 Å².